The summed E-state index contributed by atoms with van der Waals surface area (Å²) < 4.78 is 0. The van der Waals surface area contributed by atoms with E-state index in [0.717, 1.165) is 23.2 Å². The first-order valence-electron chi connectivity index (χ1n) is 8.94. The predicted molar refractivity (Wildman–Crippen MR) is 109 cm³/mol. The molecule has 0 aliphatic carbocycles. The average Bonchev–Trinajstić information content (AvgIpc) is 2.70. The standard InChI is InChI=1S/C23H22N2O2/c1-3-17-11-7-8-16(2)21(17)25-23(27)19-12-14-20(15-13-19)24-22(26)18-9-5-4-6-10-18/h4-15H,3H2,1-2H3,(H,24,26)(H,25,27). The molecule has 4 heteroatoms. The maximum atomic E-state index is 12.6. The summed E-state index contributed by atoms with van der Waals surface area (Å²) in [6.07, 6.45) is 0.849. The Bertz CT molecular complexity index is 948. The minimum absolute atomic E-state index is 0.167. The number of aryl methyl sites for hydroxylation is 2. The summed E-state index contributed by atoms with van der Waals surface area (Å²) in [5.41, 5.74) is 4.78. The Balaban J connectivity index is 1.70. The SMILES string of the molecule is CCc1cccc(C)c1NC(=O)c1ccc(NC(=O)c2ccccc2)cc1. The largest absolute Gasteiger partial charge is 0.322 e. The van der Waals surface area contributed by atoms with Crippen LogP contribution in [-0.2, 0) is 6.42 Å². The van der Waals surface area contributed by atoms with E-state index in [2.05, 4.69) is 17.6 Å². The Labute approximate surface area is 159 Å². The van der Waals surface area contributed by atoms with Crippen LogP contribution in [0.1, 0.15) is 38.8 Å². The van der Waals surface area contributed by atoms with Gasteiger partial charge in [0.25, 0.3) is 11.8 Å². The first-order chi connectivity index (χ1) is 13.1. The summed E-state index contributed by atoms with van der Waals surface area (Å²) in [5.74, 6) is -0.347. The van der Waals surface area contributed by atoms with E-state index in [1.807, 2.05) is 43.3 Å². The number of hydrogen-bond donors (Lipinski definition) is 2. The van der Waals surface area contributed by atoms with Gasteiger partial charge in [0, 0.05) is 22.5 Å². The van der Waals surface area contributed by atoms with E-state index >= 15 is 0 Å². The molecule has 3 aromatic carbocycles. The zero-order valence-corrected chi connectivity index (χ0v) is 15.5. The molecule has 0 heterocycles. The third kappa shape index (κ3) is 4.42. The van der Waals surface area contributed by atoms with Gasteiger partial charge in [-0.05, 0) is 60.9 Å². The van der Waals surface area contributed by atoms with Crippen molar-refractivity contribution >= 4 is 23.2 Å². The number of hydrogen-bond acceptors (Lipinski definition) is 2. The molecule has 0 saturated heterocycles. The van der Waals surface area contributed by atoms with Gasteiger partial charge in [-0.1, -0.05) is 43.3 Å². The molecule has 3 rings (SSSR count). The summed E-state index contributed by atoms with van der Waals surface area (Å²) >= 11 is 0. The van der Waals surface area contributed by atoms with Crippen LogP contribution in [0.2, 0.25) is 0 Å². The molecule has 0 unspecified atom stereocenters. The molecule has 0 radical (unpaired) electrons. The quantitative estimate of drug-likeness (QED) is 0.669. The second-order valence-corrected chi connectivity index (χ2v) is 6.31. The lowest BCUT2D eigenvalue weighted by molar-refractivity contribution is 0.102. The highest BCUT2D eigenvalue weighted by atomic mass is 16.2. The highest BCUT2D eigenvalue weighted by Crippen LogP contribution is 2.22. The van der Waals surface area contributed by atoms with E-state index in [4.69, 9.17) is 0 Å². The van der Waals surface area contributed by atoms with E-state index in [1.54, 1.807) is 36.4 Å². The molecule has 0 bridgehead atoms. The van der Waals surface area contributed by atoms with Gasteiger partial charge in [0.1, 0.15) is 0 Å². The van der Waals surface area contributed by atoms with Crippen LogP contribution in [0.4, 0.5) is 11.4 Å². The third-order valence-electron chi connectivity index (χ3n) is 4.42. The van der Waals surface area contributed by atoms with Crippen LogP contribution in [0.5, 0.6) is 0 Å². The second kappa shape index (κ2) is 8.32. The molecule has 0 aliphatic rings. The van der Waals surface area contributed by atoms with Gasteiger partial charge in [0.2, 0.25) is 0 Å². The Hall–Kier alpha value is -3.40. The number of para-hydroxylation sites is 1. The predicted octanol–water partition coefficient (Wildman–Crippen LogP) is 5.06. The smallest absolute Gasteiger partial charge is 0.255 e. The van der Waals surface area contributed by atoms with E-state index < -0.39 is 0 Å². The first-order valence-corrected chi connectivity index (χ1v) is 8.94. The van der Waals surface area contributed by atoms with Crippen LogP contribution in [0, 0.1) is 6.92 Å². The summed E-state index contributed by atoms with van der Waals surface area (Å²) in [7, 11) is 0. The summed E-state index contributed by atoms with van der Waals surface area (Å²) in [6, 6.07) is 21.9. The third-order valence-corrected chi connectivity index (χ3v) is 4.42. The number of anilines is 2. The zero-order valence-electron chi connectivity index (χ0n) is 15.5. The molecular formula is C23H22N2O2. The van der Waals surface area contributed by atoms with Crippen LogP contribution in [-0.4, -0.2) is 11.8 Å². The van der Waals surface area contributed by atoms with Crippen molar-refractivity contribution < 1.29 is 9.59 Å². The van der Waals surface area contributed by atoms with Gasteiger partial charge >= 0.3 is 0 Å². The van der Waals surface area contributed by atoms with Crippen LogP contribution < -0.4 is 10.6 Å². The summed E-state index contributed by atoms with van der Waals surface area (Å²) in [6.45, 7) is 4.05. The molecule has 2 N–H and O–H groups in total. The molecule has 0 saturated carbocycles. The Morgan fingerprint density at radius 3 is 2.04 bits per heavy atom. The Morgan fingerprint density at radius 2 is 1.37 bits per heavy atom. The maximum absolute atomic E-state index is 12.6. The number of carbonyl (C=O) groups is 2. The van der Waals surface area contributed by atoms with Gasteiger partial charge in [-0.3, -0.25) is 9.59 Å². The van der Waals surface area contributed by atoms with Crippen LogP contribution >= 0.6 is 0 Å². The average molecular weight is 358 g/mol. The van der Waals surface area contributed by atoms with Gasteiger partial charge in [-0.2, -0.15) is 0 Å². The van der Waals surface area contributed by atoms with Crippen molar-refractivity contribution in [1.29, 1.82) is 0 Å². The number of benzene rings is 3. The molecule has 0 aromatic heterocycles. The van der Waals surface area contributed by atoms with Gasteiger partial charge in [0.05, 0.1) is 0 Å². The van der Waals surface area contributed by atoms with Crippen LogP contribution in [0.3, 0.4) is 0 Å². The first kappa shape index (κ1) is 18.4. The fraction of sp³-hybridized carbons (Fsp3) is 0.130. The van der Waals surface area contributed by atoms with Crippen LogP contribution in [0.15, 0.2) is 72.8 Å². The molecule has 0 spiro atoms. The van der Waals surface area contributed by atoms with Crippen molar-refractivity contribution in [2.75, 3.05) is 10.6 Å². The fourth-order valence-corrected chi connectivity index (χ4v) is 2.89. The van der Waals surface area contributed by atoms with Gasteiger partial charge in [-0.15, -0.1) is 0 Å². The number of rotatable bonds is 5. The maximum Gasteiger partial charge on any atom is 0.255 e. The van der Waals surface area contributed by atoms with Gasteiger partial charge in [-0.25, -0.2) is 0 Å². The molecule has 0 fully saturated rings. The molecule has 27 heavy (non-hydrogen) atoms. The van der Waals surface area contributed by atoms with Crippen LogP contribution in [0.25, 0.3) is 0 Å². The molecule has 4 nitrogen and oxygen atoms in total. The monoisotopic (exact) mass is 358 g/mol. The lowest BCUT2D eigenvalue weighted by Gasteiger charge is -2.13. The van der Waals surface area contributed by atoms with Gasteiger partial charge in [0.15, 0.2) is 0 Å². The molecule has 3 aromatic rings. The minimum Gasteiger partial charge on any atom is -0.322 e. The number of nitrogens with one attached hydrogen (secondary N) is 2. The van der Waals surface area contributed by atoms with E-state index in [9.17, 15) is 9.59 Å². The summed E-state index contributed by atoms with van der Waals surface area (Å²) in [5, 5.41) is 5.84. The van der Waals surface area contributed by atoms with E-state index in [-0.39, 0.29) is 11.8 Å². The molecule has 136 valence electrons. The normalized spacial score (nSPS) is 10.3. The minimum atomic E-state index is -0.180. The van der Waals surface area contributed by atoms with Crippen molar-refractivity contribution in [3.8, 4) is 0 Å². The second-order valence-electron chi connectivity index (χ2n) is 6.31. The summed E-state index contributed by atoms with van der Waals surface area (Å²) in [4.78, 5) is 24.8. The number of carbonyl (C=O) groups excluding carboxylic acids is 2. The van der Waals surface area contributed by atoms with Crippen molar-refractivity contribution in [2.24, 2.45) is 0 Å². The van der Waals surface area contributed by atoms with E-state index in [1.165, 1.54) is 0 Å². The highest BCUT2D eigenvalue weighted by Gasteiger charge is 2.11. The fourth-order valence-electron chi connectivity index (χ4n) is 2.89. The lowest BCUT2D eigenvalue weighted by Crippen LogP contribution is -2.15. The van der Waals surface area contributed by atoms with Crippen molar-refractivity contribution in [3.05, 3.63) is 95.1 Å². The van der Waals surface area contributed by atoms with E-state index in [0.29, 0.717) is 16.8 Å². The highest BCUT2D eigenvalue weighted by molar-refractivity contribution is 6.06. The molecule has 2 amide bonds. The van der Waals surface area contributed by atoms with Gasteiger partial charge < -0.3 is 10.6 Å². The lowest BCUT2D eigenvalue weighted by atomic mass is 10.1. The molecular weight excluding hydrogens is 336 g/mol. The van der Waals surface area contributed by atoms with Crippen molar-refractivity contribution in [2.45, 2.75) is 20.3 Å². The van der Waals surface area contributed by atoms with Crippen molar-refractivity contribution in [3.63, 3.8) is 0 Å². The Morgan fingerprint density at radius 1 is 0.741 bits per heavy atom. The Kier molecular flexibility index (Phi) is 5.67. The zero-order chi connectivity index (χ0) is 19.2. The number of amides is 2. The molecule has 0 aliphatic heterocycles. The van der Waals surface area contributed by atoms with Crippen molar-refractivity contribution in [1.82, 2.24) is 0 Å². The topological polar surface area (TPSA) is 58.2 Å². The molecule has 0 atom stereocenters.